The van der Waals surface area contributed by atoms with E-state index in [4.69, 9.17) is 51.8 Å². The number of hydrogen-bond acceptors (Lipinski definition) is 3. The number of halogens is 4. The van der Waals surface area contributed by atoms with Crippen LogP contribution in [0, 0.1) is 0 Å². The molecule has 0 aliphatic carbocycles. The Balaban J connectivity index is 2.10. The van der Waals surface area contributed by atoms with Crippen molar-refractivity contribution in [2.75, 3.05) is 12.4 Å². The van der Waals surface area contributed by atoms with Gasteiger partial charge in [0.1, 0.15) is 11.9 Å². The standard InChI is InChI=1S/C17H15BrCl3N3O2S/c1-26-13-5-3-2-4-12(13)14(25)23-15(17(19,20)21)24-16(27)22-11-8-6-10(18)7-9-11/h2-9,15H,1H3,(H,23,25)(H2,22,24,27)/t15-/m0/s1. The first kappa shape index (κ1) is 22.0. The Morgan fingerprint density at radius 2 is 1.74 bits per heavy atom. The second kappa shape index (κ2) is 9.80. The Morgan fingerprint density at radius 1 is 1.11 bits per heavy atom. The average Bonchev–Trinajstić information content (AvgIpc) is 2.62. The van der Waals surface area contributed by atoms with Gasteiger partial charge in [-0.2, -0.15) is 0 Å². The summed E-state index contributed by atoms with van der Waals surface area (Å²) >= 11 is 26.6. The van der Waals surface area contributed by atoms with Crippen molar-refractivity contribution in [1.29, 1.82) is 0 Å². The summed E-state index contributed by atoms with van der Waals surface area (Å²) in [6, 6.07) is 14.0. The zero-order valence-corrected chi connectivity index (χ0v) is 18.6. The largest absolute Gasteiger partial charge is 0.496 e. The molecule has 0 aliphatic rings. The van der Waals surface area contributed by atoms with Crippen LogP contribution in [-0.4, -0.2) is 28.1 Å². The maximum Gasteiger partial charge on any atom is 0.256 e. The predicted molar refractivity (Wildman–Crippen MR) is 118 cm³/mol. The number of nitrogens with one attached hydrogen (secondary N) is 3. The van der Waals surface area contributed by atoms with E-state index >= 15 is 0 Å². The lowest BCUT2D eigenvalue weighted by Crippen LogP contribution is -2.56. The van der Waals surface area contributed by atoms with E-state index in [1.165, 1.54) is 7.11 Å². The highest BCUT2D eigenvalue weighted by atomic mass is 79.9. The molecular formula is C17H15BrCl3N3O2S. The van der Waals surface area contributed by atoms with E-state index in [0.717, 1.165) is 10.2 Å². The topological polar surface area (TPSA) is 62.4 Å². The molecule has 1 atom stereocenters. The third kappa shape index (κ3) is 6.69. The number of rotatable bonds is 5. The Kier molecular flexibility index (Phi) is 8.00. The van der Waals surface area contributed by atoms with Gasteiger partial charge in [-0.1, -0.05) is 62.9 Å². The second-order valence-electron chi connectivity index (χ2n) is 5.25. The molecule has 0 spiro atoms. The van der Waals surface area contributed by atoms with Crippen LogP contribution in [0.3, 0.4) is 0 Å². The maximum absolute atomic E-state index is 12.6. The summed E-state index contributed by atoms with van der Waals surface area (Å²) in [4.78, 5) is 12.6. The number of methoxy groups -OCH3 is 1. The van der Waals surface area contributed by atoms with Crippen molar-refractivity contribution in [3.05, 3.63) is 58.6 Å². The van der Waals surface area contributed by atoms with Gasteiger partial charge in [0.05, 0.1) is 12.7 Å². The van der Waals surface area contributed by atoms with Gasteiger partial charge in [-0.25, -0.2) is 0 Å². The zero-order valence-electron chi connectivity index (χ0n) is 13.9. The van der Waals surface area contributed by atoms with Gasteiger partial charge in [-0.05, 0) is 48.6 Å². The summed E-state index contributed by atoms with van der Waals surface area (Å²) < 4.78 is 4.25. The molecule has 0 radical (unpaired) electrons. The molecule has 10 heteroatoms. The number of alkyl halides is 3. The lowest BCUT2D eigenvalue weighted by molar-refractivity contribution is 0.0931. The first-order valence-corrected chi connectivity index (χ1v) is 9.88. The van der Waals surface area contributed by atoms with Gasteiger partial charge in [0.25, 0.3) is 5.91 Å². The summed E-state index contributed by atoms with van der Waals surface area (Å²) in [6.45, 7) is 0. The first-order chi connectivity index (χ1) is 12.7. The highest BCUT2D eigenvalue weighted by Gasteiger charge is 2.35. The number of benzene rings is 2. The van der Waals surface area contributed by atoms with Crippen LogP contribution >= 0.6 is 63.0 Å². The van der Waals surface area contributed by atoms with Gasteiger partial charge >= 0.3 is 0 Å². The van der Waals surface area contributed by atoms with E-state index in [9.17, 15) is 4.79 Å². The lowest BCUT2D eigenvalue weighted by atomic mass is 10.2. The van der Waals surface area contributed by atoms with Crippen molar-refractivity contribution >= 4 is 79.7 Å². The van der Waals surface area contributed by atoms with Crippen LogP contribution in [0.4, 0.5) is 5.69 Å². The summed E-state index contributed by atoms with van der Waals surface area (Å²) in [5.41, 5.74) is 1.03. The van der Waals surface area contributed by atoms with Crippen LogP contribution in [-0.2, 0) is 0 Å². The molecule has 27 heavy (non-hydrogen) atoms. The first-order valence-electron chi connectivity index (χ1n) is 7.54. The fourth-order valence-electron chi connectivity index (χ4n) is 2.07. The number of para-hydroxylation sites is 1. The van der Waals surface area contributed by atoms with Crippen molar-refractivity contribution in [2.45, 2.75) is 9.96 Å². The number of amides is 1. The molecule has 0 fully saturated rings. The molecule has 0 bridgehead atoms. The fraction of sp³-hybridized carbons (Fsp3) is 0.176. The maximum atomic E-state index is 12.6. The monoisotopic (exact) mass is 509 g/mol. The molecule has 0 aliphatic heterocycles. The Hall–Kier alpha value is -1.25. The molecule has 2 aromatic rings. The van der Waals surface area contributed by atoms with Crippen LogP contribution < -0.4 is 20.7 Å². The number of hydrogen-bond donors (Lipinski definition) is 3. The average molecular weight is 512 g/mol. The molecule has 2 rings (SSSR count). The molecule has 3 N–H and O–H groups in total. The SMILES string of the molecule is COc1ccccc1C(=O)N[C@@H](NC(=S)Nc1ccc(Br)cc1)C(Cl)(Cl)Cl. The van der Waals surface area contributed by atoms with Crippen molar-refractivity contribution in [3.63, 3.8) is 0 Å². The smallest absolute Gasteiger partial charge is 0.256 e. The van der Waals surface area contributed by atoms with Crippen LogP contribution in [0.2, 0.25) is 0 Å². The van der Waals surface area contributed by atoms with Crippen LogP contribution in [0.25, 0.3) is 0 Å². The second-order valence-corrected chi connectivity index (χ2v) is 8.95. The van der Waals surface area contributed by atoms with Gasteiger partial charge < -0.3 is 20.7 Å². The number of thiocarbonyl (C=S) groups is 1. The van der Waals surface area contributed by atoms with Crippen LogP contribution in [0.5, 0.6) is 5.75 Å². The molecule has 0 saturated heterocycles. The Morgan fingerprint density at radius 3 is 2.33 bits per heavy atom. The number of carbonyl (C=O) groups is 1. The van der Waals surface area contributed by atoms with E-state index in [2.05, 4.69) is 31.9 Å². The minimum atomic E-state index is -1.86. The highest BCUT2D eigenvalue weighted by molar-refractivity contribution is 9.10. The minimum absolute atomic E-state index is 0.175. The third-order valence-electron chi connectivity index (χ3n) is 3.33. The number of carbonyl (C=O) groups excluding carboxylic acids is 1. The lowest BCUT2D eigenvalue weighted by Gasteiger charge is -2.28. The van der Waals surface area contributed by atoms with E-state index in [0.29, 0.717) is 11.3 Å². The Bertz CT molecular complexity index is 816. The van der Waals surface area contributed by atoms with Gasteiger partial charge in [-0.15, -0.1) is 0 Å². The van der Waals surface area contributed by atoms with Gasteiger partial charge in [0.15, 0.2) is 5.11 Å². The van der Waals surface area contributed by atoms with E-state index < -0.39 is 15.9 Å². The van der Waals surface area contributed by atoms with Crippen LogP contribution in [0.15, 0.2) is 53.0 Å². The van der Waals surface area contributed by atoms with Crippen molar-refractivity contribution in [2.24, 2.45) is 0 Å². The summed E-state index contributed by atoms with van der Waals surface area (Å²) in [5.74, 6) is -0.0867. The summed E-state index contributed by atoms with van der Waals surface area (Å²) in [5, 5.41) is 8.54. The van der Waals surface area contributed by atoms with E-state index in [1.54, 1.807) is 24.3 Å². The molecule has 0 unspecified atom stereocenters. The third-order valence-corrected chi connectivity index (χ3v) is 4.74. The predicted octanol–water partition coefficient (Wildman–Crippen LogP) is 4.87. The van der Waals surface area contributed by atoms with Gasteiger partial charge in [0, 0.05) is 10.2 Å². The molecule has 5 nitrogen and oxygen atoms in total. The normalized spacial score (nSPS) is 12.0. The number of anilines is 1. The van der Waals surface area contributed by atoms with Crippen LogP contribution in [0.1, 0.15) is 10.4 Å². The summed E-state index contributed by atoms with van der Waals surface area (Å²) in [7, 11) is 1.47. The molecule has 2 aromatic carbocycles. The Labute approximate surface area is 185 Å². The molecule has 144 valence electrons. The van der Waals surface area contributed by atoms with Crippen molar-refractivity contribution in [3.8, 4) is 5.75 Å². The molecule has 0 aromatic heterocycles. The van der Waals surface area contributed by atoms with Crippen molar-refractivity contribution in [1.82, 2.24) is 10.6 Å². The van der Waals surface area contributed by atoms with Crippen molar-refractivity contribution < 1.29 is 9.53 Å². The van der Waals surface area contributed by atoms with E-state index in [-0.39, 0.29) is 5.11 Å². The quantitative estimate of drug-likeness (QED) is 0.304. The molecule has 1 amide bonds. The highest BCUT2D eigenvalue weighted by Crippen LogP contribution is 2.30. The fourth-order valence-corrected chi connectivity index (χ4v) is 2.90. The van der Waals surface area contributed by atoms with Gasteiger partial charge in [0.2, 0.25) is 3.79 Å². The molecule has 0 saturated carbocycles. The molecular weight excluding hydrogens is 497 g/mol. The summed E-state index contributed by atoms with van der Waals surface area (Å²) in [6.07, 6.45) is -1.09. The molecule has 0 heterocycles. The van der Waals surface area contributed by atoms with E-state index in [1.807, 2.05) is 24.3 Å². The zero-order chi connectivity index (χ0) is 20.0. The van der Waals surface area contributed by atoms with Gasteiger partial charge in [-0.3, -0.25) is 4.79 Å². The minimum Gasteiger partial charge on any atom is -0.496 e. The number of ether oxygens (including phenoxy) is 1.